The minimum Gasteiger partial charge on any atom is -0.316 e. The fraction of sp³-hybridized carbons (Fsp3) is 0.824. The van der Waals surface area contributed by atoms with Gasteiger partial charge in [0.25, 0.3) is 0 Å². The van der Waals surface area contributed by atoms with Crippen LogP contribution in [0.4, 0.5) is 0 Å². The predicted octanol–water partition coefficient (Wildman–Crippen LogP) is 3.65. The van der Waals surface area contributed by atoms with Crippen molar-refractivity contribution in [1.29, 1.82) is 0 Å². The Balaban J connectivity index is 1.93. The van der Waals surface area contributed by atoms with E-state index in [9.17, 15) is 0 Å². The molecule has 0 spiro atoms. The molecule has 1 fully saturated rings. The van der Waals surface area contributed by atoms with Gasteiger partial charge in [-0.15, -0.1) is 11.3 Å². The van der Waals surface area contributed by atoms with Crippen molar-refractivity contribution in [2.75, 3.05) is 26.2 Å². The van der Waals surface area contributed by atoms with E-state index >= 15 is 0 Å². The summed E-state index contributed by atoms with van der Waals surface area (Å²) in [4.78, 5) is 7.45. The molecule has 0 aromatic carbocycles. The van der Waals surface area contributed by atoms with Gasteiger partial charge in [0.05, 0.1) is 10.7 Å². The molecule has 0 aliphatic carbocycles. The van der Waals surface area contributed by atoms with Gasteiger partial charge in [0.2, 0.25) is 0 Å². The minimum atomic E-state index is 0.172. The third-order valence-electron chi connectivity index (χ3n) is 4.03. The highest BCUT2D eigenvalue weighted by Gasteiger charge is 2.20. The second kappa shape index (κ2) is 7.70. The van der Waals surface area contributed by atoms with E-state index in [-0.39, 0.29) is 5.41 Å². The second-order valence-corrected chi connectivity index (χ2v) is 8.20. The minimum absolute atomic E-state index is 0.172. The van der Waals surface area contributed by atoms with Gasteiger partial charge in [-0.05, 0) is 44.8 Å². The lowest BCUT2D eigenvalue weighted by Gasteiger charge is -2.29. The average Bonchev–Trinajstić information content (AvgIpc) is 2.89. The van der Waals surface area contributed by atoms with Crippen molar-refractivity contribution in [1.82, 2.24) is 15.2 Å². The third kappa shape index (κ3) is 5.35. The van der Waals surface area contributed by atoms with Crippen LogP contribution in [0, 0.1) is 5.92 Å². The van der Waals surface area contributed by atoms with Crippen LogP contribution in [-0.2, 0) is 12.0 Å². The standard InChI is InChI=1S/C17H31N3S/c1-5-9-20(11-14-7-6-8-18-10-14)12-15-13-21-16(19-15)17(2,3)4/h13-14,18H,5-12H2,1-4H3. The lowest BCUT2D eigenvalue weighted by molar-refractivity contribution is 0.199. The smallest absolute Gasteiger partial charge is 0.0982 e. The fourth-order valence-electron chi connectivity index (χ4n) is 2.95. The first-order valence-electron chi connectivity index (χ1n) is 8.37. The van der Waals surface area contributed by atoms with Crippen LogP contribution >= 0.6 is 11.3 Å². The van der Waals surface area contributed by atoms with Gasteiger partial charge >= 0.3 is 0 Å². The molecule has 1 aromatic heterocycles. The van der Waals surface area contributed by atoms with E-state index in [0.29, 0.717) is 0 Å². The Kier molecular flexibility index (Phi) is 6.20. The molecule has 1 aliphatic rings. The molecule has 3 nitrogen and oxygen atoms in total. The quantitative estimate of drug-likeness (QED) is 0.869. The Morgan fingerprint density at radius 3 is 2.81 bits per heavy atom. The van der Waals surface area contributed by atoms with Gasteiger partial charge in [0, 0.05) is 23.9 Å². The van der Waals surface area contributed by atoms with Crippen LogP contribution in [0.15, 0.2) is 5.38 Å². The molecule has 1 aromatic rings. The summed E-state index contributed by atoms with van der Waals surface area (Å²) in [6.07, 6.45) is 3.92. The summed E-state index contributed by atoms with van der Waals surface area (Å²) in [5, 5.41) is 7.04. The summed E-state index contributed by atoms with van der Waals surface area (Å²) >= 11 is 1.81. The fourth-order valence-corrected chi connectivity index (χ4v) is 3.85. The van der Waals surface area contributed by atoms with Gasteiger partial charge in [0.1, 0.15) is 0 Å². The maximum atomic E-state index is 4.86. The Hall–Kier alpha value is -0.450. The van der Waals surface area contributed by atoms with E-state index in [1.165, 1.54) is 56.1 Å². The number of hydrogen-bond acceptors (Lipinski definition) is 4. The summed E-state index contributed by atoms with van der Waals surface area (Å²) in [5.74, 6) is 0.811. The lowest BCUT2D eigenvalue weighted by atomic mass is 9.98. The Morgan fingerprint density at radius 2 is 2.24 bits per heavy atom. The van der Waals surface area contributed by atoms with E-state index in [0.717, 1.165) is 12.5 Å². The van der Waals surface area contributed by atoms with Crippen molar-refractivity contribution in [3.8, 4) is 0 Å². The van der Waals surface area contributed by atoms with Gasteiger partial charge in [0.15, 0.2) is 0 Å². The van der Waals surface area contributed by atoms with Crippen LogP contribution in [0.2, 0.25) is 0 Å². The number of piperidine rings is 1. The van der Waals surface area contributed by atoms with Crippen LogP contribution in [0.3, 0.4) is 0 Å². The number of rotatable bonds is 6. The molecule has 120 valence electrons. The molecule has 1 atom stereocenters. The van der Waals surface area contributed by atoms with Gasteiger partial charge in [-0.2, -0.15) is 0 Å². The summed E-state index contributed by atoms with van der Waals surface area (Å²) in [6, 6.07) is 0. The first kappa shape index (κ1) is 16.9. The molecule has 2 rings (SSSR count). The van der Waals surface area contributed by atoms with Crippen LogP contribution in [0.5, 0.6) is 0 Å². The second-order valence-electron chi connectivity index (χ2n) is 7.34. The topological polar surface area (TPSA) is 28.2 Å². The van der Waals surface area contributed by atoms with Crippen molar-refractivity contribution in [2.24, 2.45) is 5.92 Å². The Bertz CT molecular complexity index is 416. The first-order chi connectivity index (χ1) is 9.99. The van der Waals surface area contributed by atoms with Crippen LogP contribution in [0.1, 0.15) is 57.7 Å². The maximum Gasteiger partial charge on any atom is 0.0982 e. The molecule has 1 saturated heterocycles. The van der Waals surface area contributed by atoms with E-state index in [1.807, 2.05) is 11.3 Å². The molecule has 1 unspecified atom stereocenters. The molecule has 21 heavy (non-hydrogen) atoms. The number of thiazole rings is 1. The molecule has 0 saturated carbocycles. The molecular weight excluding hydrogens is 278 g/mol. The molecule has 0 amide bonds. The van der Waals surface area contributed by atoms with E-state index in [4.69, 9.17) is 4.98 Å². The number of hydrogen-bond donors (Lipinski definition) is 1. The van der Waals surface area contributed by atoms with Crippen LogP contribution in [0.25, 0.3) is 0 Å². The molecule has 4 heteroatoms. The van der Waals surface area contributed by atoms with E-state index < -0.39 is 0 Å². The third-order valence-corrected chi connectivity index (χ3v) is 5.35. The van der Waals surface area contributed by atoms with Crippen molar-refractivity contribution < 1.29 is 0 Å². The maximum absolute atomic E-state index is 4.86. The summed E-state index contributed by atoms with van der Waals surface area (Å²) in [5.41, 5.74) is 1.42. The zero-order valence-electron chi connectivity index (χ0n) is 14.1. The summed E-state index contributed by atoms with van der Waals surface area (Å²) < 4.78 is 0. The number of aromatic nitrogens is 1. The molecule has 2 heterocycles. The summed E-state index contributed by atoms with van der Waals surface area (Å²) in [7, 11) is 0. The monoisotopic (exact) mass is 309 g/mol. The lowest BCUT2D eigenvalue weighted by Crippen LogP contribution is -2.38. The molecule has 0 bridgehead atoms. The number of nitrogens with zero attached hydrogens (tertiary/aromatic N) is 2. The van der Waals surface area contributed by atoms with Crippen molar-refractivity contribution >= 4 is 11.3 Å². The van der Waals surface area contributed by atoms with Gasteiger partial charge in [-0.25, -0.2) is 4.98 Å². The molecule has 0 radical (unpaired) electrons. The van der Waals surface area contributed by atoms with Gasteiger partial charge in [-0.3, -0.25) is 4.90 Å². The van der Waals surface area contributed by atoms with Crippen LogP contribution in [-0.4, -0.2) is 36.1 Å². The van der Waals surface area contributed by atoms with Crippen molar-refractivity contribution in [3.05, 3.63) is 16.1 Å². The van der Waals surface area contributed by atoms with Gasteiger partial charge < -0.3 is 5.32 Å². The molecular formula is C17H31N3S. The van der Waals surface area contributed by atoms with Crippen LogP contribution < -0.4 is 5.32 Å². The molecule has 1 aliphatic heterocycles. The average molecular weight is 310 g/mol. The first-order valence-corrected chi connectivity index (χ1v) is 9.25. The van der Waals surface area contributed by atoms with E-state index in [2.05, 4.69) is 43.3 Å². The van der Waals surface area contributed by atoms with Crippen molar-refractivity contribution in [3.63, 3.8) is 0 Å². The Morgan fingerprint density at radius 1 is 1.43 bits per heavy atom. The molecule has 1 N–H and O–H groups in total. The number of nitrogens with one attached hydrogen (secondary N) is 1. The van der Waals surface area contributed by atoms with E-state index in [1.54, 1.807) is 0 Å². The SMILES string of the molecule is CCCN(Cc1csc(C(C)(C)C)n1)CC1CCCNC1. The highest BCUT2D eigenvalue weighted by atomic mass is 32.1. The zero-order chi connectivity index (χ0) is 15.3. The highest BCUT2D eigenvalue weighted by molar-refractivity contribution is 7.09. The Labute approximate surface area is 134 Å². The highest BCUT2D eigenvalue weighted by Crippen LogP contribution is 2.26. The summed E-state index contributed by atoms with van der Waals surface area (Å²) in [6.45, 7) is 14.8. The normalized spacial score (nSPS) is 20.1. The zero-order valence-corrected chi connectivity index (χ0v) is 14.9. The van der Waals surface area contributed by atoms with Gasteiger partial charge in [-0.1, -0.05) is 27.7 Å². The van der Waals surface area contributed by atoms with Crippen molar-refractivity contribution in [2.45, 2.75) is 58.9 Å². The predicted molar refractivity (Wildman–Crippen MR) is 92.0 cm³/mol. The largest absolute Gasteiger partial charge is 0.316 e.